The van der Waals surface area contributed by atoms with Crippen LogP contribution < -0.4 is 10.6 Å². The van der Waals surface area contributed by atoms with Crippen LogP contribution in [-0.4, -0.2) is 50.5 Å². The van der Waals surface area contributed by atoms with Gasteiger partial charge in [0.25, 0.3) is 0 Å². The monoisotopic (exact) mass is 486 g/mol. The second kappa shape index (κ2) is 11.5. The first-order chi connectivity index (χ1) is 12.5. The summed E-state index contributed by atoms with van der Waals surface area (Å²) in [4.78, 5) is 19.2. The Balaban J connectivity index is 0.00000364. The highest BCUT2D eigenvalue weighted by Crippen LogP contribution is 2.39. The average molecular weight is 486 g/mol. The molecule has 0 heterocycles. The van der Waals surface area contributed by atoms with Crippen LogP contribution in [0.5, 0.6) is 0 Å². The summed E-state index contributed by atoms with van der Waals surface area (Å²) in [6.07, 6.45) is 5.07. The largest absolute Gasteiger partial charge is 0.357 e. The summed E-state index contributed by atoms with van der Waals surface area (Å²) < 4.78 is 0. The molecule has 1 fully saturated rings. The molecule has 2 N–H and O–H groups in total. The van der Waals surface area contributed by atoms with Gasteiger partial charge in [-0.25, -0.2) is 0 Å². The molecule has 1 saturated carbocycles. The minimum Gasteiger partial charge on any atom is -0.357 e. The maximum absolute atomic E-state index is 12.7. The van der Waals surface area contributed by atoms with Gasteiger partial charge >= 0.3 is 0 Å². The van der Waals surface area contributed by atoms with E-state index in [1.807, 2.05) is 14.1 Å². The number of guanidine groups is 1. The Bertz CT molecular complexity index is 607. The molecule has 0 atom stereocenters. The topological polar surface area (TPSA) is 56.7 Å². The predicted molar refractivity (Wildman–Crippen MR) is 124 cm³/mol. The van der Waals surface area contributed by atoms with Gasteiger partial charge in [0.15, 0.2) is 5.96 Å². The highest BCUT2D eigenvalue weighted by molar-refractivity contribution is 14.0. The van der Waals surface area contributed by atoms with E-state index in [0.717, 1.165) is 51.2 Å². The van der Waals surface area contributed by atoms with Gasteiger partial charge in [-0.2, -0.15) is 0 Å². The van der Waals surface area contributed by atoms with E-state index in [4.69, 9.17) is 4.99 Å². The molecule has 2 rings (SSSR count). The predicted octanol–water partition coefficient (Wildman–Crippen LogP) is 3.36. The van der Waals surface area contributed by atoms with Crippen molar-refractivity contribution in [2.75, 3.05) is 33.7 Å². The molecule has 0 spiro atoms. The second-order valence-corrected chi connectivity index (χ2v) is 7.54. The lowest BCUT2D eigenvalue weighted by Crippen LogP contribution is -2.43. The normalized spacial score (nSPS) is 15.8. The molecule has 0 unspecified atom stereocenters. The first-order valence-corrected chi connectivity index (χ1v) is 9.76. The molecular formula is C21H35IN4O. The van der Waals surface area contributed by atoms with Gasteiger partial charge in [-0.3, -0.25) is 9.79 Å². The summed E-state index contributed by atoms with van der Waals surface area (Å²) in [7, 11) is 3.69. The minimum absolute atomic E-state index is 0. The zero-order valence-electron chi connectivity index (χ0n) is 17.2. The maximum Gasteiger partial charge on any atom is 0.230 e. The van der Waals surface area contributed by atoms with Crippen LogP contribution in [0.3, 0.4) is 0 Å². The van der Waals surface area contributed by atoms with Gasteiger partial charge in [0, 0.05) is 27.2 Å². The number of hydrogen-bond acceptors (Lipinski definition) is 2. The molecule has 0 radical (unpaired) electrons. The molecule has 152 valence electrons. The van der Waals surface area contributed by atoms with Crippen molar-refractivity contribution < 1.29 is 4.79 Å². The van der Waals surface area contributed by atoms with Crippen molar-refractivity contribution in [3.63, 3.8) is 0 Å². The maximum atomic E-state index is 12.7. The van der Waals surface area contributed by atoms with Gasteiger partial charge < -0.3 is 15.5 Å². The molecule has 0 aromatic heterocycles. The van der Waals surface area contributed by atoms with Crippen molar-refractivity contribution in [2.45, 2.75) is 46.0 Å². The Morgan fingerprint density at radius 1 is 1.15 bits per heavy atom. The number of carbonyl (C=O) groups excluding carboxylic acids is 1. The Kier molecular flexibility index (Phi) is 10.1. The van der Waals surface area contributed by atoms with Crippen molar-refractivity contribution in [1.82, 2.24) is 15.5 Å². The third-order valence-electron chi connectivity index (χ3n) is 5.13. The lowest BCUT2D eigenvalue weighted by atomic mass is 9.85. The van der Waals surface area contributed by atoms with Crippen molar-refractivity contribution in [3.05, 3.63) is 35.4 Å². The van der Waals surface area contributed by atoms with Crippen LogP contribution in [0, 0.1) is 12.3 Å². The molecule has 1 amide bonds. The van der Waals surface area contributed by atoms with Crippen LogP contribution in [0.2, 0.25) is 0 Å². The molecule has 6 heteroatoms. The standard InChI is InChI=1S/C21H34N4O.HI/c1-5-22-20(23-15-12-18-10-8-17(2)9-11-18)24-16-21(13-6-7-14-21)19(26)25(3)4;/h8-11H,5-7,12-16H2,1-4H3,(H2,22,23,24);1H. The van der Waals surface area contributed by atoms with E-state index in [0.29, 0.717) is 6.54 Å². The van der Waals surface area contributed by atoms with E-state index in [-0.39, 0.29) is 35.3 Å². The third kappa shape index (κ3) is 6.97. The molecule has 5 nitrogen and oxygen atoms in total. The van der Waals surface area contributed by atoms with E-state index >= 15 is 0 Å². The summed E-state index contributed by atoms with van der Waals surface area (Å²) in [6.45, 7) is 6.36. The zero-order chi connectivity index (χ0) is 19.0. The molecule has 1 aliphatic rings. The van der Waals surface area contributed by atoms with E-state index in [2.05, 4.69) is 48.7 Å². The van der Waals surface area contributed by atoms with Gasteiger partial charge in [0.2, 0.25) is 5.91 Å². The lowest BCUT2D eigenvalue weighted by molar-refractivity contribution is -0.138. The fourth-order valence-corrected chi connectivity index (χ4v) is 3.62. The number of aryl methyl sites for hydroxylation is 1. The fourth-order valence-electron chi connectivity index (χ4n) is 3.62. The van der Waals surface area contributed by atoms with Crippen LogP contribution in [0.25, 0.3) is 0 Å². The lowest BCUT2D eigenvalue weighted by Gasteiger charge is -2.29. The SMILES string of the molecule is CCNC(=NCC1(C(=O)N(C)C)CCCC1)NCCc1ccc(C)cc1.I. The number of benzene rings is 1. The Morgan fingerprint density at radius 3 is 2.33 bits per heavy atom. The van der Waals surface area contributed by atoms with Crippen molar-refractivity contribution >= 4 is 35.8 Å². The molecule has 0 aliphatic heterocycles. The summed E-state index contributed by atoms with van der Waals surface area (Å²) in [5.74, 6) is 1.02. The number of rotatable bonds is 7. The number of carbonyl (C=O) groups is 1. The van der Waals surface area contributed by atoms with Gasteiger partial charge in [0.05, 0.1) is 12.0 Å². The zero-order valence-corrected chi connectivity index (χ0v) is 19.5. The number of hydrogen-bond donors (Lipinski definition) is 2. The van der Waals surface area contributed by atoms with Gasteiger partial charge in [0.1, 0.15) is 0 Å². The van der Waals surface area contributed by atoms with Crippen LogP contribution in [0.4, 0.5) is 0 Å². The Labute approximate surface area is 181 Å². The van der Waals surface area contributed by atoms with Crippen molar-refractivity contribution in [3.8, 4) is 0 Å². The van der Waals surface area contributed by atoms with Crippen LogP contribution in [-0.2, 0) is 11.2 Å². The van der Waals surface area contributed by atoms with E-state index in [1.54, 1.807) is 4.90 Å². The highest BCUT2D eigenvalue weighted by atomic mass is 127. The van der Waals surface area contributed by atoms with Crippen molar-refractivity contribution in [1.29, 1.82) is 0 Å². The van der Waals surface area contributed by atoms with E-state index < -0.39 is 0 Å². The minimum atomic E-state index is -0.317. The Morgan fingerprint density at radius 2 is 1.78 bits per heavy atom. The van der Waals surface area contributed by atoms with Crippen LogP contribution in [0.15, 0.2) is 29.3 Å². The first-order valence-electron chi connectivity index (χ1n) is 9.76. The quantitative estimate of drug-likeness (QED) is 0.353. The molecule has 1 aromatic rings. The molecule has 0 bridgehead atoms. The van der Waals surface area contributed by atoms with Crippen LogP contribution >= 0.6 is 24.0 Å². The number of nitrogens with zero attached hydrogens (tertiary/aromatic N) is 2. The second-order valence-electron chi connectivity index (χ2n) is 7.54. The number of nitrogens with one attached hydrogen (secondary N) is 2. The number of halogens is 1. The smallest absolute Gasteiger partial charge is 0.230 e. The van der Waals surface area contributed by atoms with Gasteiger partial charge in [-0.15, -0.1) is 24.0 Å². The number of aliphatic imine (C=N–C) groups is 1. The van der Waals surface area contributed by atoms with Crippen molar-refractivity contribution in [2.24, 2.45) is 10.4 Å². The van der Waals surface area contributed by atoms with E-state index in [1.165, 1.54) is 11.1 Å². The molecular weight excluding hydrogens is 451 g/mol. The number of amides is 1. The average Bonchev–Trinajstić information content (AvgIpc) is 3.10. The third-order valence-corrected chi connectivity index (χ3v) is 5.13. The summed E-state index contributed by atoms with van der Waals surface area (Å²) in [6, 6.07) is 8.63. The molecule has 27 heavy (non-hydrogen) atoms. The molecule has 1 aliphatic carbocycles. The molecule has 0 saturated heterocycles. The summed E-state index contributed by atoms with van der Waals surface area (Å²) in [5, 5.41) is 6.71. The fraction of sp³-hybridized carbons (Fsp3) is 0.619. The van der Waals surface area contributed by atoms with Crippen LogP contribution in [0.1, 0.15) is 43.7 Å². The van der Waals surface area contributed by atoms with E-state index in [9.17, 15) is 4.79 Å². The Hall–Kier alpha value is -1.31. The first kappa shape index (κ1) is 23.7. The van der Waals surface area contributed by atoms with Gasteiger partial charge in [-0.1, -0.05) is 42.7 Å². The van der Waals surface area contributed by atoms with Gasteiger partial charge in [-0.05, 0) is 38.7 Å². The molecule has 1 aromatic carbocycles. The summed E-state index contributed by atoms with van der Waals surface area (Å²) >= 11 is 0. The highest BCUT2D eigenvalue weighted by Gasteiger charge is 2.41. The summed E-state index contributed by atoms with van der Waals surface area (Å²) in [5.41, 5.74) is 2.28.